The van der Waals surface area contributed by atoms with Crippen LogP contribution < -0.4 is 0 Å². The zero-order chi connectivity index (χ0) is 8.73. The Morgan fingerprint density at radius 2 is 1.40 bits per heavy atom. The number of carbonyl (C=O) groups is 1. The van der Waals surface area contributed by atoms with Gasteiger partial charge in [0, 0.05) is 0 Å². The van der Waals surface area contributed by atoms with Gasteiger partial charge in [0.25, 0.3) is 0 Å². The molecule has 0 aromatic heterocycles. The summed E-state index contributed by atoms with van der Waals surface area (Å²) in [7, 11) is 6.00. The Morgan fingerprint density at radius 3 is 1.40 bits per heavy atom. The molecule has 0 aliphatic carbocycles. The van der Waals surface area contributed by atoms with Crippen LogP contribution in [0, 0.1) is 5.92 Å². The maximum atomic E-state index is 9.70. The monoisotopic (exact) mass is 147 g/mol. The van der Waals surface area contributed by atoms with E-state index in [4.69, 9.17) is 5.11 Å². The van der Waals surface area contributed by atoms with Crippen LogP contribution in [0.1, 0.15) is 13.8 Å². The maximum absolute atomic E-state index is 9.70. The first-order valence-corrected chi connectivity index (χ1v) is 3.21. The highest BCUT2D eigenvalue weighted by Crippen LogP contribution is 1.87. The second kappa shape index (κ2) is 6.55. The quantitative estimate of drug-likeness (QED) is 0.599. The average molecular weight is 147 g/mol. The third-order valence-corrected chi connectivity index (χ3v) is 0.494. The third-order valence-electron chi connectivity index (χ3n) is 0.494. The van der Waals surface area contributed by atoms with Crippen molar-refractivity contribution in [3.63, 3.8) is 0 Å². The number of carboxylic acids is 1. The minimum Gasteiger partial charge on any atom is -0.481 e. The first kappa shape index (κ1) is 12.1. The molecule has 0 atom stereocenters. The van der Waals surface area contributed by atoms with Gasteiger partial charge in [0.15, 0.2) is 0 Å². The molecule has 0 fully saturated rings. The van der Waals surface area contributed by atoms with Crippen molar-refractivity contribution in [3.05, 3.63) is 0 Å². The van der Waals surface area contributed by atoms with Gasteiger partial charge in [-0.15, -0.1) is 0 Å². The first-order valence-electron chi connectivity index (χ1n) is 3.21. The van der Waals surface area contributed by atoms with Crippen molar-refractivity contribution in [2.45, 2.75) is 13.8 Å². The van der Waals surface area contributed by atoms with Crippen LogP contribution in [-0.4, -0.2) is 37.1 Å². The molecule has 0 bridgehead atoms. The van der Waals surface area contributed by atoms with Crippen molar-refractivity contribution in [2.75, 3.05) is 21.1 Å². The van der Waals surface area contributed by atoms with Crippen molar-refractivity contribution >= 4 is 5.97 Å². The van der Waals surface area contributed by atoms with E-state index >= 15 is 0 Å². The zero-order valence-corrected chi connectivity index (χ0v) is 7.38. The SMILES string of the molecule is CC(C)C(=O)O.CN(C)C. The molecule has 3 heteroatoms. The molecule has 0 aromatic carbocycles. The smallest absolute Gasteiger partial charge is 0.305 e. The predicted molar refractivity (Wildman–Crippen MR) is 42.1 cm³/mol. The molecule has 62 valence electrons. The van der Waals surface area contributed by atoms with Crippen LogP contribution in [0.5, 0.6) is 0 Å². The Balaban J connectivity index is 0. The molecule has 0 aliphatic heterocycles. The summed E-state index contributed by atoms with van der Waals surface area (Å²) < 4.78 is 0. The fourth-order valence-corrected chi connectivity index (χ4v) is 0. The summed E-state index contributed by atoms with van der Waals surface area (Å²) in [5, 5.41) is 7.99. The number of carboxylic acid groups (broad SMARTS) is 1. The Labute approximate surface area is 62.7 Å². The van der Waals surface area contributed by atoms with E-state index < -0.39 is 5.97 Å². The largest absolute Gasteiger partial charge is 0.481 e. The summed E-state index contributed by atoms with van der Waals surface area (Å²) in [6, 6.07) is 0. The van der Waals surface area contributed by atoms with Crippen molar-refractivity contribution in [1.29, 1.82) is 0 Å². The van der Waals surface area contributed by atoms with Gasteiger partial charge in [0.05, 0.1) is 5.92 Å². The molecular weight excluding hydrogens is 130 g/mol. The number of hydrogen-bond acceptors (Lipinski definition) is 2. The van der Waals surface area contributed by atoms with E-state index in [9.17, 15) is 4.79 Å². The molecule has 1 N–H and O–H groups in total. The molecule has 0 heterocycles. The molecule has 0 saturated heterocycles. The van der Waals surface area contributed by atoms with Gasteiger partial charge in [0.1, 0.15) is 0 Å². The van der Waals surface area contributed by atoms with Gasteiger partial charge in [-0.3, -0.25) is 4.79 Å². The number of aliphatic carboxylic acids is 1. The van der Waals surface area contributed by atoms with Crippen molar-refractivity contribution < 1.29 is 9.90 Å². The highest BCUT2D eigenvalue weighted by atomic mass is 16.4. The molecular formula is C7H17NO2. The molecule has 0 saturated carbocycles. The van der Waals surface area contributed by atoms with E-state index in [-0.39, 0.29) is 5.92 Å². The van der Waals surface area contributed by atoms with Crippen LogP contribution in [0.15, 0.2) is 0 Å². The van der Waals surface area contributed by atoms with E-state index in [1.165, 1.54) is 0 Å². The minimum absolute atomic E-state index is 0.231. The molecule has 0 unspecified atom stereocenters. The molecule has 0 radical (unpaired) electrons. The lowest BCUT2D eigenvalue weighted by Gasteiger charge is -1.90. The summed E-state index contributed by atoms with van der Waals surface area (Å²) in [5.41, 5.74) is 0. The number of rotatable bonds is 1. The van der Waals surface area contributed by atoms with Gasteiger partial charge >= 0.3 is 5.97 Å². The first-order chi connectivity index (χ1) is 4.37. The number of hydrogen-bond donors (Lipinski definition) is 1. The van der Waals surface area contributed by atoms with Crippen LogP contribution in [0.4, 0.5) is 0 Å². The molecule has 3 nitrogen and oxygen atoms in total. The summed E-state index contributed by atoms with van der Waals surface area (Å²) in [5.74, 6) is -0.972. The lowest BCUT2D eigenvalue weighted by Crippen LogP contribution is -2.03. The number of nitrogens with zero attached hydrogens (tertiary/aromatic N) is 1. The summed E-state index contributed by atoms with van der Waals surface area (Å²) in [6.45, 7) is 3.28. The van der Waals surface area contributed by atoms with Crippen LogP contribution in [0.2, 0.25) is 0 Å². The molecule has 10 heavy (non-hydrogen) atoms. The van der Waals surface area contributed by atoms with E-state index in [1.807, 2.05) is 26.0 Å². The van der Waals surface area contributed by atoms with E-state index in [0.717, 1.165) is 0 Å². The van der Waals surface area contributed by atoms with Gasteiger partial charge in [-0.25, -0.2) is 0 Å². The Bertz CT molecular complexity index is 86.9. The van der Waals surface area contributed by atoms with Crippen LogP contribution >= 0.6 is 0 Å². The maximum Gasteiger partial charge on any atom is 0.305 e. The average Bonchev–Trinajstić information content (AvgIpc) is 1.63. The van der Waals surface area contributed by atoms with E-state index in [0.29, 0.717) is 0 Å². The molecule has 0 aliphatic rings. The normalized spacial score (nSPS) is 9.10. The van der Waals surface area contributed by atoms with Crippen molar-refractivity contribution in [1.82, 2.24) is 4.90 Å². The van der Waals surface area contributed by atoms with E-state index in [2.05, 4.69) is 0 Å². The van der Waals surface area contributed by atoms with Gasteiger partial charge in [-0.2, -0.15) is 0 Å². The van der Waals surface area contributed by atoms with Gasteiger partial charge < -0.3 is 10.0 Å². The lowest BCUT2D eigenvalue weighted by molar-refractivity contribution is -0.140. The van der Waals surface area contributed by atoms with E-state index in [1.54, 1.807) is 13.8 Å². The van der Waals surface area contributed by atoms with Gasteiger partial charge in [0.2, 0.25) is 0 Å². The second-order valence-corrected chi connectivity index (χ2v) is 2.83. The van der Waals surface area contributed by atoms with Crippen molar-refractivity contribution in [2.24, 2.45) is 5.92 Å². The Hall–Kier alpha value is -0.570. The van der Waals surface area contributed by atoms with Crippen LogP contribution in [-0.2, 0) is 4.79 Å². The molecule has 0 aromatic rings. The van der Waals surface area contributed by atoms with Crippen molar-refractivity contribution in [3.8, 4) is 0 Å². The second-order valence-electron chi connectivity index (χ2n) is 2.83. The summed E-state index contributed by atoms with van der Waals surface area (Å²) in [4.78, 5) is 11.7. The highest BCUT2D eigenvalue weighted by molar-refractivity contribution is 5.68. The fraction of sp³-hybridized carbons (Fsp3) is 0.857. The summed E-state index contributed by atoms with van der Waals surface area (Å²) >= 11 is 0. The summed E-state index contributed by atoms with van der Waals surface area (Å²) in [6.07, 6.45) is 0. The van der Waals surface area contributed by atoms with Crippen LogP contribution in [0.3, 0.4) is 0 Å². The highest BCUT2D eigenvalue weighted by Gasteiger charge is 1.99. The molecule has 0 spiro atoms. The Morgan fingerprint density at radius 1 is 1.30 bits per heavy atom. The van der Waals surface area contributed by atoms with Gasteiger partial charge in [-0.05, 0) is 21.1 Å². The third kappa shape index (κ3) is 26.1. The topological polar surface area (TPSA) is 40.5 Å². The molecule has 0 rings (SSSR count). The van der Waals surface area contributed by atoms with Gasteiger partial charge in [-0.1, -0.05) is 13.8 Å². The molecule has 0 amide bonds. The lowest BCUT2D eigenvalue weighted by atomic mass is 10.2. The Kier molecular flexibility index (Phi) is 7.95. The predicted octanol–water partition coefficient (Wildman–Crippen LogP) is 0.905. The fourth-order valence-electron chi connectivity index (χ4n) is 0. The standard InChI is InChI=1S/C4H8O2.C3H9N/c1-3(2)4(5)6;1-4(2)3/h3H,1-2H3,(H,5,6);1-3H3. The zero-order valence-electron chi connectivity index (χ0n) is 7.38. The minimum atomic E-state index is -0.741. The van der Waals surface area contributed by atoms with Crippen LogP contribution in [0.25, 0.3) is 0 Å².